The summed E-state index contributed by atoms with van der Waals surface area (Å²) in [6.07, 6.45) is 2.43. The van der Waals surface area contributed by atoms with Gasteiger partial charge in [0.1, 0.15) is 12.4 Å². The second kappa shape index (κ2) is 8.44. The van der Waals surface area contributed by atoms with Crippen LogP contribution in [-0.4, -0.2) is 75.6 Å². The molecule has 1 atom stereocenters. The first-order valence-corrected chi connectivity index (χ1v) is 10.9. The summed E-state index contributed by atoms with van der Waals surface area (Å²) in [5.41, 5.74) is -0.418. The number of hydrogen-bond donors (Lipinski definition) is 0. The van der Waals surface area contributed by atoms with Crippen LogP contribution in [-0.2, 0) is 24.3 Å². The van der Waals surface area contributed by atoms with E-state index >= 15 is 0 Å². The first-order chi connectivity index (χ1) is 13.2. The summed E-state index contributed by atoms with van der Waals surface area (Å²) in [6.45, 7) is 1.25. The molecule has 0 radical (unpaired) electrons. The van der Waals surface area contributed by atoms with Gasteiger partial charge in [0.15, 0.2) is 0 Å². The molecule has 3 rings (SSSR count). The lowest BCUT2D eigenvalue weighted by Gasteiger charge is -2.45. The summed E-state index contributed by atoms with van der Waals surface area (Å²) >= 11 is 0. The van der Waals surface area contributed by atoms with E-state index in [9.17, 15) is 17.6 Å². The lowest BCUT2D eigenvalue weighted by Crippen LogP contribution is -2.52. The molecule has 0 bridgehead atoms. The second-order valence-corrected chi connectivity index (χ2v) is 9.54. The summed E-state index contributed by atoms with van der Waals surface area (Å²) in [5.74, 6) is -0.549. The molecule has 2 saturated heterocycles. The van der Waals surface area contributed by atoms with Crippen molar-refractivity contribution in [1.29, 1.82) is 0 Å². The number of ether oxygens (including phenoxy) is 2. The van der Waals surface area contributed by atoms with Crippen molar-refractivity contribution < 1.29 is 27.1 Å². The molecule has 0 aromatic heterocycles. The summed E-state index contributed by atoms with van der Waals surface area (Å²) in [6, 6.07) is 4.88. The first-order valence-electron chi connectivity index (χ1n) is 9.43. The largest absolute Gasteiger partial charge is 0.375 e. The van der Waals surface area contributed by atoms with Crippen molar-refractivity contribution >= 4 is 15.9 Å². The quantitative estimate of drug-likeness (QED) is 0.732. The van der Waals surface area contributed by atoms with Gasteiger partial charge in [0.2, 0.25) is 15.9 Å². The predicted molar refractivity (Wildman–Crippen MR) is 101 cm³/mol. The van der Waals surface area contributed by atoms with Crippen LogP contribution in [0.4, 0.5) is 4.39 Å². The van der Waals surface area contributed by atoms with Crippen LogP contribution in [0.3, 0.4) is 0 Å². The topological polar surface area (TPSA) is 76.2 Å². The fraction of sp³-hybridized carbons (Fsp3) is 0.632. The Kier molecular flexibility index (Phi) is 6.38. The van der Waals surface area contributed by atoms with Gasteiger partial charge in [0, 0.05) is 40.2 Å². The molecule has 7 nitrogen and oxygen atoms in total. The van der Waals surface area contributed by atoms with E-state index in [2.05, 4.69) is 0 Å². The van der Waals surface area contributed by atoms with E-state index in [1.54, 1.807) is 14.1 Å². The number of likely N-dealkylation sites (N-methyl/N-ethyl adjacent to an activating group) is 1. The highest BCUT2D eigenvalue weighted by Crippen LogP contribution is 2.37. The van der Waals surface area contributed by atoms with Crippen LogP contribution in [0.25, 0.3) is 0 Å². The van der Waals surface area contributed by atoms with Crippen LogP contribution in [0, 0.1) is 5.82 Å². The number of benzene rings is 1. The molecular weight excluding hydrogens is 387 g/mol. The molecule has 2 aliphatic rings. The zero-order valence-electron chi connectivity index (χ0n) is 16.3. The molecule has 1 aromatic rings. The van der Waals surface area contributed by atoms with E-state index in [1.807, 2.05) is 0 Å². The number of carbonyl (C=O) groups is 1. The maximum atomic E-state index is 13.1. The third-order valence-electron chi connectivity index (χ3n) is 5.47. The third kappa shape index (κ3) is 4.71. The van der Waals surface area contributed by atoms with Gasteiger partial charge in [-0.1, -0.05) is 0 Å². The van der Waals surface area contributed by atoms with E-state index in [0.29, 0.717) is 39.0 Å². The molecule has 0 saturated carbocycles. The highest BCUT2D eigenvalue weighted by molar-refractivity contribution is 7.89. The number of piperidine rings is 1. The maximum Gasteiger partial charge on any atom is 0.248 e. The highest BCUT2D eigenvalue weighted by Gasteiger charge is 2.43. The second-order valence-electron chi connectivity index (χ2n) is 7.60. The van der Waals surface area contributed by atoms with Crippen LogP contribution in [0.1, 0.15) is 25.7 Å². The monoisotopic (exact) mass is 414 g/mol. The number of amides is 1. The molecular formula is C19H27FN2O5S. The zero-order valence-corrected chi connectivity index (χ0v) is 17.1. The normalized spacial score (nSPS) is 22.9. The fourth-order valence-corrected chi connectivity index (χ4v) is 5.12. The third-order valence-corrected chi connectivity index (χ3v) is 7.39. The smallest absolute Gasteiger partial charge is 0.248 e. The van der Waals surface area contributed by atoms with Crippen LogP contribution in [0.5, 0.6) is 0 Å². The standard InChI is InChI=1S/C19H27FN2O5S/c1-21(2)18(23)14-26-16-7-12-27-19(13-16)8-10-22(11-9-19)28(24,25)17-5-3-15(20)4-6-17/h3-6,16H,7-14H2,1-2H3. The lowest BCUT2D eigenvalue weighted by molar-refractivity contribution is -0.159. The number of hydrogen-bond acceptors (Lipinski definition) is 5. The Labute approximate surface area is 165 Å². The summed E-state index contributed by atoms with van der Waals surface area (Å²) in [4.78, 5) is 13.3. The van der Waals surface area contributed by atoms with Crippen molar-refractivity contribution in [3.63, 3.8) is 0 Å². The fourth-order valence-electron chi connectivity index (χ4n) is 3.68. The number of carbonyl (C=O) groups excluding carboxylic acids is 1. The minimum absolute atomic E-state index is 0.0405. The molecule has 28 heavy (non-hydrogen) atoms. The van der Waals surface area contributed by atoms with E-state index in [4.69, 9.17) is 9.47 Å². The molecule has 2 aliphatic heterocycles. The van der Waals surface area contributed by atoms with E-state index in [1.165, 1.54) is 21.3 Å². The van der Waals surface area contributed by atoms with E-state index in [-0.39, 0.29) is 23.5 Å². The van der Waals surface area contributed by atoms with Gasteiger partial charge in [-0.05, 0) is 43.5 Å². The van der Waals surface area contributed by atoms with Gasteiger partial charge in [-0.15, -0.1) is 0 Å². The minimum Gasteiger partial charge on any atom is -0.375 e. The van der Waals surface area contributed by atoms with Crippen molar-refractivity contribution in [2.75, 3.05) is 40.4 Å². The number of nitrogens with zero attached hydrogens (tertiary/aromatic N) is 2. The van der Waals surface area contributed by atoms with Crippen molar-refractivity contribution in [3.05, 3.63) is 30.1 Å². The van der Waals surface area contributed by atoms with Gasteiger partial charge in [0.25, 0.3) is 0 Å². The average molecular weight is 414 g/mol. The first kappa shape index (κ1) is 21.2. The summed E-state index contributed by atoms with van der Waals surface area (Å²) in [7, 11) is -0.271. The SMILES string of the molecule is CN(C)C(=O)COC1CCOC2(CCN(S(=O)(=O)c3ccc(F)cc3)CC2)C1. The lowest BCUT2D eigenvalue weighted by atomic mass is 9.84. The molecule has 2 heterocycles. The maximum absolute atomic E-state index is 13.1. The van der Waals surface area contributed by atoms with Gasteiger partial charge < -0.3 is 14.4 Å². The highest BCUT2D eigenvalue weighted by atomic mass is 32.2. The Morgan fingerprint density at radius 1 is 1.29 bits per heavy atom. The number of halogens is 1. The molecule has 1 unspecified atom stereocenters. The number of rotatable bonds is 5. The molecule has 156 valence electrons. The molecule has 2 fully saturated rings. The summed E-state index contributed by atoms with van der Waals surface area (Å²) < 4.78 is 51.9. The summed E-state index contributed by atoms with van der Waals surface area (Å²) in [5, 5.41) is 0. The Hall–Kier alpha value is -1.55. The number of sulfonamides is 1. The van der Waals surface area contributed by atoms with E-state index in [0.717, 1.165) is 18.6 Å². The molecule has 0 aliphatic carbocycles. The van der Waals surface area contributed by atoms with Crippen LogP contribution >= 0.6 is 0 Å². The molecule has 1 aromatic carbocycles. The van der Waals surface area contributed by atoms with Gasteiger partial charge in [-0.25, -0.2) is 12.8 Å². The zero-order chi connectivity index (χ0) is 20.4. The van der Waals surface area contributed by atoms with Crippen molar-refractivity contribution in [3.8, 4) is 0 Å². The van der Waals surface area contributed by atoms with Crippen LogP contribution in [0.2, 0.25) is 0 Å². The van der Waals surface area contributed by atoms with Gasteiger partial charge in [-0.3, -0.25) is 4.79 Å². The van der Waals surface area contributed by atoms with Gasteiger partial charge >= 0.3 is 0 Å². The average Bonchev–Trinajstić information content (AvgIpc) is 2.67. The molecule has 1 spiro atoms. The van der Waals surface area contributed by atoms with Crippen molar-refractivity contribution in [2.45, 2.75) is 42.3 Å². The van der Waals surface area contributed by atoms with Gasteiger partial charge in [0.05, 0.1) is 16.6 Å². The van der Waals surface area contributed by atoms with Crippen molar-refractivity contribution in [1.82, 2.24) is 9.21 Å². The Morgan fingerprint density at radius 2 is 1.93 bits per heavy atom. The van der Waals surface area contributed by atoms with Crippen molar-refractivity contribution in [2.24, 2.45) is 0 Å². The Morgan fingerprint density at radius 3 is 2.54 bits per heavy atom. The van der Waals surface area contributed by atoms with Gasteiger partial charge in [-0.2, -0.15) is 4.31 Å². The minimum atomic E-state index is -3.65. The van der Waals surface area contributed by atoms with Crippen LogP contribution < -0.4 is 0 Å². The van der Waals surface area contributed by atoms with E-state index < -0.39 is 21.4 Å². The van der Waals surface area contributed by atoms with Crippen LogP contribution in [0.15, 0.2) is 29.2 Å². The Bertz CT molecular complexity index is 789. The predicted octanol–water partition coefficient (Wildman–Crippen LogP) is 1.63. The molecule has 1 amide bonds. The Balaban J connectivity index is 1.59. The molecule has 0 N–H and O–H groups in total. The molecule has 9 heteroatoms.